The average Bonchev–Trinajstić information content (AvgIpc) is 2.79. The van der Waals surface area contributed by atoms with Crippen molar-refractivity contribution in [1.82, 2.24) is 15.3 Å². The summed E-state index contributed by atoms with van der Waals surface area (Å²) in [7, 11) is 0. The minimum absolute atomic E-state index is 0.0752. The van der Waals surface area contributed by atoms with E-state index in [1.165, 1.54) is 31.2 Å². The van der Waals surface area contributed by atoms with Crippen molar-refractivity contribution in [2.75, 3.05) is 4.90 Å². The van der Waals surface area contributed by atoms with Gasteiger partial charge in [0.15, 0.2) is 0 Å². The van der Waals surface area contributed by atoms with Crippen LogP contribution in [0, 0.1) is 6.92 Å². The summed E-state index contributed by atoms with van der Waals surface area (Å²) in [5.41, 5.74) is 3.74. The Morgan fingerprint density at radius 3 is 2.63 bits per heavy atom. The third kappa shape index (κ3) is 3.82. The Hall–Kier alpha value is -2.43. The van der Waals surface area contributed by atoms with Crippen molar-refractivity contribution in [3.8, 4) is 0 Å². The molecule has 0 bridgehead atoms. The summed E-state index contributed by atoms with van der Waals surface area (Å²) in [6, 6.07) is 10.7. The maximum atomic E-state index is 12.9. The van der Waals surface area contributed by atoms with Crippen molar-refractivity contribution >= 4 is 17.5 Å². The fourth-order valence-electron chi connectivity index (χ4n) is 4.33. The second kappa shape index (κ2) is 7.67. The van der Waals surface area contributed by atoms with Gasteiger partial charge in [-0.15, -0.1) is 0 Å². The standard InChI is InChI=1S/C22H28N4O/c1-15-13-19(21(27)24-18-10-5-3-4-6-11-18)25-22(23-15)26-16(2)14-17-9-7-8-12-20(17)26/h7-9,12-13,16,18H,3-6,10-11,14H2,1-2H3,(H,24,27). The number of anilines is 2. The molecule has 142 valence electrons. The van der Waals surface area contributed by atoms with Gasteiger partial charge in [0.05, 0.1) is 0 Å². The predicted octanol–water partition coefficient (Wildman–Crippen LogP) is 4.32. The molecule has 1 fully saturated rings. The molecule has 1 N–H and O–H groups in total. The van der Waals surface area contributed by atoms with Gasteiger partial charge in [0.2, 0.25) is 5.95 Å². The molecule has 0 spiro atoms. The van der Waals surface area contributed by atoms with Gasteiger partial charge in [0.1, 0.15) is 5.69 Å². The van der Waals surface area contributed by atoms with Crippen molar-refractivity contribution in [3.05, 3.63) is 47.3 Å². The molecule has 1 aliphatic heterocycles. The summed E-state index contributed by atoms with van der Waals surface area (Å²) in [4.78, 5) is 24.3. The predicted molar refractivity (Wildman–Crippen MR) is 107 cm³/mol. The quantitative estimate of drug-likeness (QED) is 0.824. The van der Waals surface area contributed by atoms with E-state index in [0.29, 0.717) is 11.6 Å². The van der Waals surface area contributed by atoms with E-state index in [4.69, 9.17) is 0 Å². The monoisotopic (exact) mass is 364 g/mol. The van der Waals surface area contributed by atoms with E-state index in [-0.39, 0.29) is 18.0 Å². The number of benzene rings is 1. The van der Waals surface area contributed by atoms with Crippen LogP contribution in [-0.4, -0.2) is 28.0 Å². The molecule has 5 nitrogen and oxygen atoms in total. The zero-order valence-electron chi connectivity index (χ0n) is 16.2. The number of nitrogens with one attached hydrogen (secondary N) is 1. The normalized spacial score (nSPS) is 20.2. The number of aryl methyl sites for hydroxylation is 1. The number of para-hydroxylation sites is 1. The molecule has 2 aromatic rings. The lowest BCUT2D eigenvalue weighted by Gasteiger charge is -2.23. The number of amides is 1. The minimum atomic E-state index is -0.0752. The van der Waals surface area contributed by atoms with Gasteiger partial charge in [-0.3, -0.25) is 4.79 Å². The minimum Gasteiger partial charge on any atom is -0.348 e. The molecule has 0 saturated heterocycles. The van der Waals surface area contributed by atoms with Crippen LogP contribution in [0.15, 0.2) is 30.3 Å². The maximum absolute atomic E-state index is 12.9. The fraction of sp³-hybridized carbons (Fsp3) is 0.500. The number of carbonyl (C=O) groups excluding carboxylic acids is 1. The summed E-state index contributed by atoms with van der Waals surface area (Å²) in [5, 5.41) is 3.20. The molecule has 1 atom stereocenters. The van der Waals surface area contributed by atoms with Crippen LogP contribution in [0.1, 0.15) is 67.2 Å². The lowest BCUT2D eigenvalue weighted by atomic mass is 10.1. The van der Waals surface area contributed by atoms with Gasteiger partial charge in [-0.1, -0.05) is 43.9 Å². The number of rotatable bonds is 3. The molecular weight excluding hydrogens is 336 g/mol. The van der Waals surface area contributed by atoms with E-state index < -0.39 is 0 Å². The van der Waals surface area contributed by atoms with Crippen molar-refractivity contribution in [3.63, 3.8) is 0 Å². The highest BCUT2D eigenvalue weighted by molar-refractivity contribution is 5.93. The van der Waals surface area contributed by atoms with Crippen LogP contribution in [0.2, 0.25) is 0 Å². The second-order valence-electron chi connectivity index (χ2n) is 7.91. The topological polar surface area (TPSA) is 58.1 Å². The number of carbonyl (C=O) groups is 1. The second-order valence-corrected chi connectivity index (χ2v) is 7.91. The van der Waals surface area contributed by atoms with E-state index >= 15 is 0 Å². The molecule has 1 aromatic carbocycles. The molecule has 2 heterocycles. The fourth-order valence-corrected chi connectivity index (χ4v) is 4.33. The molecule has 0 radical (unpaired) electrons. The number of nitrogens with zero attached hydrogens (tertiary/aromatic N) is 3. The van der Waals surface area contributed by atoms with Gasteiger partial charge in [-0.25, -0.2) is 9.97 Å². The van der Waals surface area contributed by atoms with E-state index in [0.717, 1.165) is 30.6 Å². The van der Waals surface area contributed by atoms with Crippen molar-refractivity contribution in [1.29, 1.82) is 0 Å². The van der Waals surface area contributed by atoms with Crippen LogP contribution in [0.3, 0.4) is 0 Å². The molecule has 2 aliphatic rings. The van der Waals surface area contributed by atoms with Crippen LogP contribution >= 0.6 is 0 Å². The number of hydrogen-bond acceptors (Lipinski definition) is 4. The molecule has 1 amide bonds. The molecule has 5 heteroatoms. The largest absolute Gasteiger partial charge is 0.348 e. The lowest BCUT2D eigenvalue weighted by molar-refractivity contribution is 0.0928. The van der Waals surface area contributed by atoms with E-state index in [9.17, 15) is 4.79 Å². The Bertz CT molecular complexity index is 827. The van der Waals surface area contributed by atoms with Crippen LogP contribution in [0.25, 0.3) is 0 Å². The SMILES string of the molecule is Cc1cc(C(=O)NC2CCCCCC2)nc(N2c3ccccc3CC2C)n1. The highest BCUT2D eigenvalue weighted by atomic mass is 16.1. The molecule has 27 heavy (non-hydrogen) atoms. The third-order valence-electron chi connectivity index (χ3n) is 5.69. The lowest BCUT2D eigenvalue weighted by Crippen LogP contribution is -2.35. The zero-order chi connectivity index (χ0) is 18.8. The molecular formula is C22H28N4O. The number of aromatic nitrogens is 2. The Morgan fingerprint density at radius 2 is 1.85 bits per heavy atom. The van der Waals surface area contributed by atoms with Gasteiger partial charge >= 0.3 is 0 Å². The van der Waals surface area contributed by atoms with Gasteiger partial charge < -0.3 is 10.2 Å². The van der Waals surface area contributed by atoms with Crippen molar-refractivity contribution < 1.29 is 4.79 Å². The molecule has 4 rings (SSSR count). The van der Waals surface area contributed by atoms with Gasteiger partial charge in [0.25, 0.3) is 5.91 Å². The summed E-state index contributed by atoms with van der Waals surface area (Å²) in [5.74, 6) is 0.548. The summed E-state index contributed by atoms with van der Waals surface area (Å²) in [6.07, 6.45) is 8.04. The third-order valence-corrected chi connectivity index (χ3v) is 5.69. The molecule has 1 unspecified atom stereocenters. The first kappa shape index (κ1) is 18.0. The maximum Gasteiger partial charge on any atom is 0.270 e. The molecule has 1 aromatic heterocycles. The summed E-state index contributed by atoms with van der Waals surface area (Å²) >= 11 is 0. The Kier molecular flexibility index (Phi) is 5.10. The van der Waals surface area contributed by atoms with Crippen LogP contribution < -0.4 is 10.2 Å². The first-order valence-corrected chi connectivity index (χ1v) is 10.2. The zero-order valence-corrected chi connectivity index (χ0v) is 16.2. The van der Waals surface area contributed by atoms with Crippen molar-refractivity contribution in [2.24, 2.45) is 0 Å². The van der Waals surface area contributed by atoms with Crippen LogP contribution in [0.4, 0.5) is 11.6 Å². The smallest absolute Gasteiger partial charge is 0.270 e. The Morgan fingerprint density at radius 1 is 1.11 bits per heavy atom. The first-order chi connectivity index (χ1) is 13.1. The molecule has 1 aliphatic carbocycles. The van der Waals surface area contributed by atoms with Gasteiger partial charge in [0, 0.05) is 23.5 Å². The Labute approximate surface area is 161 Å². The van der Waals surface area contributed by atoms with Gasteiger partial charge in [-0.05, 0) is 50.8 Å². The van der Waals surface area contributed by atoms with Crippen molar-refractivity contribution in [2.45, 2.75) is 70.9 Å². The van der Waals surface area contributed by atoms with E-state index in [1.54, 1.807) is 6.07 Å². The van der Waals surface area contributed by atoms with E-state index in [2.05, 4.69) is 45.3 Å². The average molecular weight is 364 g/mol. The Balaban J connectivity index is 1.59. The number of fused-ring (bicyclic) bond motifs is 1. The highest BCUT2D eigenvalue weighted by Gasteiger charge is 2.29. The van der Waals surface area contributed by atoms with Crippen LogP contribution in [0.5, 0.6) is 0 Å². The summed E-state index contributed by atoms with van der Waals surface area (Å²) < 4.78 is 0. The molecule has 1 saturated carbocycles. The van der Waals surface area contributed by atoms with Crippen LogP contribution in [-0.2, 0) is 6.42 Å². The van der Waals surface area contributed by atoms with E-state index in [1.807, 2.05) is 13.0 Å². The number of hydrogen-bond donors (Lipinski definition) is 1. The highest BCUT2D eigenvalue weighted by Crippen LogP contribution is 2.36. The summed E-state index contributed by atoms with van der Waals surface area (Å²) in [6.45, 7) is 4.11. The van der Waals surface area contributed by atoms with Gasteiger partial charge in [-0.2, -0.15) is 0 Å². The first-order valence-electron chi connectivity index (χ1n) is 10.2.